The maximum atomic E-state index is 5.66. The Labute approximate surface area is 105 Å². The van der Waals surface area contributed by atoms with Gasteiger partial charge in [-0.2, -0.15) is 0 Å². The highest BCUT2D eigenvalue weighted by atomic mass is 15.2. The molecular weight excluding hydrogens is 210 g/mol. The molecule has 0 radical (unpaired) electrons. The SMILES string of the molecule is Cc1cc(C(CCC(C)(C)C)NN)cc(C)n1. The van der Waals surface area contributed by atoms with Gasteiger partial charge in [-0.25, -0.2) is 0 Å². The molecule has 0 aliphatic heterocycles. The van der Waals surface area contributed by atoms with Crippen molar-refractivity contribution in [3.8, 4) is 0 Å². The second-order valence-corrected chi connectivity index (χ2v) is 6.00. The van der Waals surface area contributed by atoms with Gasteiger partial charge in [-0.15, -0.1) is 0 Å². The maximum absolute atomic E-state index is 5.66. The fourth-order valence-electron chi connectivity index (χ4n) is 1.99. The molecule has 17 heavy (non-hydrogen) atoms. The number of pyridine rings is 1. The third kappa shape index (κ3) is 4.84. The van der Waals surface area contributed by atoms with Crippen LogP contribution < -0.4 is 11.3 Å². The van der Waals surface area contributed by atoms with Gasteiger partial charge in [0.1, 0.15) is 0 Å². The van der Waals surface area contributed by atoms with E-state index >= 15 is 0 Å². The summed E-state index contributed by atoms with van der Waals surface area (Å²) in [5.41, 5.74) is 6.60. The summed E-state index contributed by atoms with van der Waals surface area (Å²) in [5.74, 6) is 5.66. The van der Waals surface area contributed by atoms with Gasteiger partial charge in [0.25, 0.3) is 0 Å². The lowest BCUT2D eigenvalue weighted by molar-refractivity contribution is 0.333. The van der Waals surface area contributed by atoms with Crippen molar-refractivity contribution in [3.63, 3.8) is 0 Å². The first-order valence-corrected chi connectivity index (χ1v) is 6.23. The van der Waals surface area contributed by atoms with Crippen LogP contribution in [0.1, 0.15) is 56.6 Å². The molecule has 96 valence electrons. The number of aryl methyl sites for hydroxylation is 2. The second-order valence-electron chi connectivity index (χ2n) is 6.00. The van der Waals surface area contributed by atoms with Gasteiger partial charge in [0.05, 0.1) is 0 Å². The lowest BCUT2D eigenvalue weighted by Gasteiger charge is -2.23. The van der Waals surface area contributed by atoms with Gasteiger partial charge in [0.15, 0.2) is 0 Å². The van der Waals surface area contributed by atoms with E-state index in [1.54, 1.807) is 0 Å². The summed E-state index contributed by atoms with van der Waals surface area (Å²) in [6.45, 7) is 10.8. The first-order valence-electron chi connectivity index (χ1n) is 6.23. The second kappa shape index (κ2) is 5.61. The molecule has 0 spiro atoms. The average Bonchev–Trinajstić information content (AvgIpc) is 2.15. The summed E-state index contributed by atoms with van der Waals surface area (Å²) >= 11 is 0. The number of nitrogens with one attached hydrogen (secondary N) is 1. The largest absolute Gasteiger partial charge is 0.271 e. The van der Waals surface area contributed by atoms with Crippen LogP contribution in [0.15, 0.2) is 12.1 Å². The van der Waals surface area contributed by atoms with Crippen molar-refractivity contribution in [3.05, 3.63) is 29.1 Å². The highest BCUT2D eigenvalue weighted by Crippen LogP contribution is 2.27. The third-order valence-electron chi connectivity index (χ3n) is 2.89. The fourth-order valence-corrected chi connectivity index (χ4v) is 1.99. The summed E-state index contributed by atoms with van der Waals surface area (Å²) in [4.78, 5) is 4.39. The molecule has 3 N–H and O–H groups in total. The molecule has 0 aliphatic rings. The Kier molecular flexibility index (Phi) is 4.66. The predicted molar refractivity (Wildman–Crippen MR) is 72.5 cm³/mol. The average molecular weight is 235 g/mol. The van der Waals surface area contributed by atoms with Crippen LogP contribution in [0.2, 0.25) is 0 Å². The van der Waals surface area contributed by atoms with Crippen molar-refractivity contribution in [1.29, 1.82) is 0 Å². The fraction of sp³-hybridized carbons (Fsp3) is 0.643. The zero-order valence-electron chi connectivity index (χ0n) is 11.7. The molecule has 1 unspecified atom stereocenters. The molecule has 0 aliphatic carbocycles. The van der Waals surface area contributed by atoms with Crippen LogP contribution in [0.4, 0.5) is 0 Å². The number of rotatable bonds is 4. The number of hydrogen-bond donors (Lipinski definition) is 2. The number of hydrazine groups is 1. The van der Waals surface area contributed by atoms with E-state index in [0.29, 0.717) is 5.41 Å². The molecule has 3 heteroatoms. The third-order valence-corrected chi connectivity index (χ3v) is 2.89. The molecule has 1 rings (SSSR count). The monoisotopic (exact) mass is 235 g/mol. The first-order chi connectivity index (χ1) is 7.81. The minimum Gasteiger partial charge on any atom is -0.271 e. The van der Waals surface area contributed by atoms with Crippen molar-refractivity contribution in [1.82, 2.24) is 10.4 Å². The maximum Gasteiger partial charge on any atom is 0.0461 e. The van der Waals surface area contributed by atoms with Crippen molar-refractivity contribution in [2.45, 2.75) is 53.5 Å². The lowest BCUT2D eigenvalue weighted by Crippen LogP contribution is -2.29. The summed E-state index contributed by atoms with van der Waals surface area (Å²) in [7, 11) is 0. The van der Waals surface area contributed by atoms with Crippen LogP contribution in [0.5, 0.6) is 0 Å². The number of hydrogen-bond acceptors (Lipinski definition) is 3. The summed E-state index contributed by atoms with van der Waals surface area (Å²) < 4.78 is 0. The van der Waals surface area contributed by atoms with Crippen molar-refractivity contribution < 1.29 is 0 Å². The van der Waals surface area contributed by atoms with E-state index in [2.05, 4.69) is 43.3 Å². The Morgan fingerprint density at radius 3 is 2.18 bits per heavy atom. The normalized spacial score (nSPS) is 13.8. The first kappa shape index (κ1) is 14.1. The zero-order valence-corrected chi connectivity index (χ0v) is 11.7. The van der Waals surface area contributed by atoms with Crippen molar-refractivity contribution >= 4 is 0 Å². The predicted octanol–water partition coefficient (Wildman–Crippen LogP) is 3.03. The van der Waals surface area contributed by atoms with E-state index in [1.807, 2.05) is 13.8 Å². The minimum atomic E-state index is 0.217. The van der Waals surface area contributed by atoms with E-state index in [0.717, 1.165) is 24.2 Å². The Bertz CT molecular complexity index is 346. The van der Waals surface area contributed by atoms with Crippen LogP contribution in [0.3, 0.4) is 0 Å². The zero-order chi connectivity index (χ0) is 13.1. The summed E-state index contributed by atoms with van der Waals surface area (Å²) in [6.07, 6.45) is 2.19. The van der Waals surface area contributed by atoms with Gasteiger partial charge in [0, 0.05) is 17.4 Å². The molecule has 0 fully saturated rings. The van der Waals surface area contributed by atoms with Crippen LogP contribution >= 0.6 is 0 Å². The topological polar surface area (TPSA) is 50.9 Å². The van der Waals surface area contributed by atoms with Gasteiger partial charge in [-0.05, 0) is 49.8 Å². The van der Waals surface area contributed by atoms with Gasteiger partial charge in [-0.1, -0.05) is 20.8 Å². The molecule has 0 amide bonds. The minimum absolute atomic E-state index is 0.217. The molecule has 0 saturated carbocycles. The van der Waals surface area contributed by atoms with Crippen LogP contribution in [-0.4, -0.2) is 4.98 Å². The molecule has 0 saturated heterocycles. The van der Waals surface area contributed by atoms with E-state index < -0.39 is 0 Å². The Hall–Kier alpha value is -0.930. The summed E-state index contributed by atoms with van der Waals surface area (Å²) in [6, 6.07) is 4.44. The number of nitrogens with zero attached hydrogens (tertiary/aromatic N) is 1. The number of nitrogens with two attached hydrogens (primary N) is 1. The lowest BCUT2D eigenvalue weighted by atomic mass is 9.87. The van der Waals surface area contributed by atoms with Crippen molar-refractivity contribution in [2.75, 3.05) is 0 Å². The summed E-state index contributed by atoms with van der Waals surface area (Å²) in [5, 5.41) is 0. The smallest absolute Gasteiger partial charge is 0.0461 e. The van der Waals surface area contributed by atoms with E-state index in [9.17, 15) is 0 Å². The molecule has 3 nitrogen and oxygen atoms in total. The molecule has 1 heterocycles. The van der Waals surface area contributed by atoms with Crippen LogP contribution in [-0.2, 0) is 0 Å². The van der Waals surface area contributed by atoms with E-state index in [-0.39, 0.29) is 6.04 Å². The quantitative estimate of drug-likeness (QED) is 0.623. The molecule has 0 bridgehead atoms. The number of aromatic nitrogens is 1. The molecule has 1 aromatic heterocycles. The van der Waals surface area contributed by atoms with E-state index in [4.69, 9.17) is 5.84 Å². The molecule has 0 aromatic carbocycles. The van der Waals surface area contributed by atoms with Crippen LogP contribution in [0.25, 0.3) is 0 Å². The van der Waals surface area contributed by atoms with Gasteiger partial charge < -0.3 is 0 Å². The Morgan fingerprint density at radius 2 is 1.76 bits per heavy atom. The Balaban J connectivity index is 2.79. The van der Waals surface area contributed by atoms with Gasteiger partial charge >= 0.3 is 0 Å². The van der Waals surface area contributed by atoms with E-state index in [1.165, 1.54) is 5.56 Å². The molecule has 1 atom stereocenters. The van der Waals surface area contributed by atoms with Crippen LogP contribution in [0, 0.1) is 19.3 Å². The highest BCUT2D eigenvalue weighted by molar-refractivity contribution is 5.23. The molecule has 1 aromatic rings. The highest BCUT2D eigenvalue weighted by Gasteiger charge is 2.16. The van der Waals surface area contributed by atoms with Gasteiger partial charge in [0.2, 0.25) is 0 Å². The Morgan fingerprint density at radius 1 is 1.24 bits per heavy atom. The molecular formula is C14H25N3. The standard InChI is InChI=1S/C14H25N3/c1-10-8-12(9-11(2)16-10)13(17-15)6-7-14(3,4)5/h8-9,13,17H,6-7,15H2,1-5H3. The van der Waals surface area contributed by atoms with Gasteiger partial charge in [-0.3, -0.25) is 16.3 Å². The van der Waals surface area contributed by atoms with Crippen molar-refractivity contribution in [2.24, 2.45) is 11.3 Å².